The summed E-state index contributed by atoms with van der Waals surface area (Å²) in [5, 5.41) is 13.0. The number of fused-ring (bicyclic) bond motifs is 1. The summed E-state index contributed by atoms with van der Waals surface area (Å²) in [5.74, 6) is -0.276. The molecule has 0 bridgehead atoms. The second-order valence-electron chi connectivity index (χ2n) is 4.08. The third kappa shape index (κ3) is 2.65. The number of benzene rings is 1. The quantitative estimate of drug-likeness (QED) is 0.591. The van der Waals surface area contributed by atoms with E-state index in [0.29, 0.717) is 10.0 Å². The first kappa shape index (κ1) is 13.7. The Bertz CT molecular complexity index is 836. The Hall–Kier alpha value is -2.25. The number of esters is 1. The third-order valence-corrected chi connectivity index (χ3v) is 4.62. The van der Waals surface area contributed by atoms with Gasteiger partial charge in [-0.1, -0.05) is 12.1 Å². The van der Waals surface area contributed by atoms with Crippen molar-refractivity contribution in [3.8, 4) is 5.75 Å². The Morgan fingerprint density at radius 1 is 1.43 bits per heavy atom. The maximum absolute atomic E-state index is 11.3. The maximum Gasteiger partial charge on any atom is 0.357 e. The van der Waals surface area contributed by atoms with Gasteiger partial charge in [-0.3, -0.25) is 0 Å². The van der Waals surface area contributed by atoms with Crippen molar-refractivity contribution in [2.45, 2.75) is 0 Å². The SMILES string of the molecule is COC(=O)c1csc(N=Cc2sc3ccccc3c2O)n1. The van der Waals surface area contributed by atoms with E-state index in [1.807, 2.05) is 24.3 Å². The molecule has 3 aromatic rings. The smallest absolute Gasteiger partial charge is 0.357 e. The molecule has 0 saturated heterocycles. The summed E-state index contributed by atoms with van der Waals surface area (Å²) in [4.78, 5) is 20.2. The zero-order valence-electron chi connectivity index (χ0n) is 10.9. The van der Waals surface area contributed by atoms with Crippen molar-refractivity contribution in [3.63, 3.8) is 0 Å². The van der Waals surface area contributed by atoms with Gasteiger partial charge in [0.05, 0.1) is 18.2 Å². The molecule has 0 atom stereocenters. The highest BCUT2D eigenvalue weighted by Crippen LogP contribution is 2.35. The fourth-order valence-electron chi connectivity index (χ4n) is 1.77. The van der Waals surface area contributed by atoms with Crippen molar-refractivity contribution in [2.75, 3.05) is 7.11 Å². The van der Waals surface area contributed by atoms with Crippen LogP contribution in [0.1, 0.15) is 15.4 Å². The highest BCUT2D eigenvalue weighted by Gasteiger charge is 2.11. The van der Waals surface area contributed by atoms with Crippen LogP contribution in [0.25, 0.3) is 10.1 Å². The van der Waals surface area contributed by atoms with E-state index in [1.165, 1.54) is 29.8 Å². The second-order valence-corrected chi connectivity index (χ2v) is 6.00. The van der Waals surface area contributed by atoms with Crippen molar-refractivity contribution in [2.24, 2.45) is 4.99 Å². The van der Waals surface area contributed by atoms with Gasteiger partial charge in [0.15, 0.2) is 5.69 Å². The minimum atomic E-state index is -0.489. The van der Waals surface area contributed by atoms with Gasteiger partial charge in [-0.25, -0.2) is 14.8 Å². The van der Waals surface area contributed by atoms with Crippen LogP contribution in [0.3, 0.4) is 0 Å². The van der Waals surface area contributed by atoms with Gasteiger partial charge in [0.25, 0.3) is 0 Å². The number of methoxy groups -OCH3 is 1. The van der Waals surface area contributed by atoms with E-state index in [9.17, 15) is 9.90 Å². The Morgan fingerprint density at radius 2 is 2.24 bits per heavy atom. The molecule has 5 nitrogen and oxygen atoms in total. The lowest BCUT2D eigenvalue weighted by atomic mass is 10.2. The first-order valence-electron chi connectivity index (χ1n) is 5.97. The molecule has 7 heteroatoms. The molecule has 0 fully saturated rings. The average Bonchev–Trinajstić information content (AvgIpc) is 3.10. The Morgan fingerprint density at radius 3 is 3.00 bits per heavy atom. The first-order valence-corrected chi connectivity index (χ1v) is 7.67. The number of nitrogens with zero attached hydrogens (tertiary/aromatic N) is 2. The van der Waals surface area contributed by atoms with E-state index in [-0.39, 0.29) is 11.4 Å². The summed E-state index contributed by atoms with van der Waals surface area (Å²) in [6.07, 6.45) is 1.56. The van der Waals surface area contributed by atoms with Crippen LogP contribution in [-0.4, -0.2) is 29.4 Å². The molecule has 0 aliphatic rings. The first-order chi connectivity index (χ1) is 10.2. The molecule has 21 heavy (non-hydrogen) atoms. The number of rotatable bonds is 3. The molecule has 0 radical (unpaired) electrons. The van der Waals surface area contributed by atoms with Crippen LogP contribution >= 0.6 is 22.7 Å². The zero-order valence-corrected chi connectivity index (χ0v) is 12.6. The number of carbonyl (C=O) groups excluding carboxylic acids is 1. The predicted molar refractivity (Wildman–Crippen MR) is 84.2 cm³/mol. The summed E-state index contributed by atoms with van der Waals surface area (Å²) < 4.78 is 5.58. The fourth-order valence-corrected chi connectivity index (χ4v) is 3.37. The average molecular weight is 318 g/mol. The molecule has 2 aromatic heterocycles. The predicted octanol–water partition coefficient (Wildman–Crippen LogP) is 3.60. The van der Waals surface area contributed by atoms with Gasteiger partial charge in [0.1, 0.15) is 5.75 Å². The number of thiophene rings is 1. The number of hydrogen-bond donors (Lipinski definition) is 1. The number of carbonyl (C=O) groups is 1. The van der Waals surface area contributed by atoms with Crippen molar-refractivity contribution >= 4 is 50.1 Å². The van der Waals surface area contributed by atoms with Gasteiger partial charge >= 0.3 is 5.97 Å². The number of aromatic nitrogens is 1. The number of aromatic hydroxyl groups is 1. The molecule has 0 spiro atoms. The molecule has 0 amide bonds. The molecule has 106 valence electrons. The van der Waals surface area contributed by atoms with Gasteiger partial charge in [-0.15, -0.1) is 22.7 Å². The van der Waals surface area contributed by atoms with Crippen molar-refractivity contribution in [1.82, 2.24) is 4.98 Å². The van der Waals surface area contributed by atoms with Gasteiger partial charge in [0.2, 0.25) is 5.13 Å². The molecule has 0 aliphatic carbocycles. The van der Waals surface area contributed by atoms with Gasteiger partial charge in [-0.2, -0.15) is 0 Å². The van der Waals surface area contributed by atoms with Crippen molar-refractivity contribution < 1.29 is 14.6 Å². The molecule has 0 unspecified atom stereocenters. The van der Waals surface area contributed by atoms with E-state index in [2.05, 4.69) is 14.7 Å². The van der Waals surface area contributed by atoms with E-state index < -0.39 is 5.97 Å². The van der Waals surface area contributed by atoms with Crippen LogP contribution in [-0.2, 0) is 4.74 Å². The van der Waals surface area contributed by atoms with E-state index in [1.54, 1.807) is 11.6 Å². The second kappa shape index (κ2) is 5.63. The molecule has 0 saturated carbocycles. The van der Waals surface area contributed by atoms with Crippen LogP contribution in [0, 0.1) is 0 Å². The molecular formula is C14H10N2O3S2. The van der Waals surface area contributed by atoms with E-state index >= 15 is 0 Å². The summed E-state index contributed by atoms with van der Waals surface area (Å²) in [5.41, 5.74) is 0.232. The normalized spacial score (nSPS) is 11.3. The number of thiazole rings is 1. The van der Waals surface area contributed by atoms with Crippen LogP contribution in [0.4, 0.5) is 5.13 Å². The number of aliphatic imine (C=N–C) groups is 1. The van der Waals surface area contributed by atoms with Crippen molar-refractivity contribution in [1.29, 1.82) is 0 Å². The summed E-state index contributed by atoms with van der Waals surface area (Å²) in [6.45, 7) is 0. The molecular weight excluding hydrogens is 308 g/mol. The molecule has 1 aromatic carbocycles. The fraction of sp³-hybridized carbons (Fsp3) is 0.0714. The number of hydrogen-bond acceptors (Lipinski definition) is 7. The van der Waals surface area contributed by atoms with Crippen LogP contribution in [0.15, 0.2) is 34.6 Å². The number of ether oxygens (including phenoxy) is 1. The molecule has 1 N–H and O–H groups in total. The lowest BCUT2D eigenvalue weighted by molar-refractivity contribution is 0.0595. The lowest BCUT2D eigenvalue weighted by Crippen LogP contribution is -2.00. The largest absolute Gasteiger partial charge is 0.506 e. The Labute approximate surface area is 128 Å². The summed E-state index contributed by atoms with van der Waals surface area (Å²) in [6, 6.07) is 7.59. The Kier molecular flexibility index (Phi) is 3.68. The zero-order chi connectivity index (χ0) is 14.8. The summed E-state index contributed by atoms with van der Waals surface area (Å²) in [7, 11) is 1.31. The van der Waals surface area contributed by atoms with E-state index in [0.717, 1.165) is 10.1 Å². The standard InChI is InChI=1S/C14H10N2O3S2/c1-19-13(18)9-7-20-14(16-9)15-6-11-12(17)8-4-2-3-5-10(8)21-11/h2-7,17H,1H3. The van der Waals surface area contributed by atoms with Crippen LogP contribution in [0.5, 0.6) is 5.75 Å². The van der Waals surface area contributed by atoms with Gasteiger partial charge in [-0.05, 0) is 12.1 Å². The maximum atomic E-state index is 11.3. The van der Waals surface area contributed by atoms with Crippen LogP contribution < -0.4 is 0 Å². The van der Waals surface area contributed by atoms with E-state index in [4.69, 9.17) is 0 Å². The van der Waals surface area contributed by atoms with Crippen LogP contribution in [0.2, 0.25) is 0 Å². The minimum absolute atomic E-state index is 0.212. The van der Waals surface area contributed by atoms with Crippen molar-refractivity contribution in [3.05, 3.63) is 40.2 Å². The molecule has 0 aliphatic heterocycles. The monoisotopic (exact) mass is 318 g/mol. The highest BCUT2D eigenvalue weighted by atomic mass is 32.1. The van der Waals surface area contributed by atoms with Gasteiger partial charge < -0.3 is 9.84 Å². The Balaban J connectivity index is 1.89. The van der Waals surface area contributed by atoms with Gasteiger partial charge in [0, 0.05) is 15.5 Å². The molecule has 2 heterocycles. The lowest BCUT2D eigenvalue weighted by Gasteiger charge is -1.91. The third-order valence-electron chi connectivity index (χ3n) is 2.77. The highest BCUT2D eigenvalue weighted by molar-refractivity contribution is 7.21. The summed E-state index contributed by atoms with van der Waals surface area (Å²) >= 11 is 2.69. The minimum Gasteiger partial charge on any atom is -0.506 e. The molecule has 3 rings (SSSR count). The topological polar surface area (TPSA) is 71.8 Å².